The van der Waals surface area contributed by atoms with Gasteiger partial charge in [0.1, 0.15) is 4.90 Å². The third-order valence-electron chi connectivity index (χ3n) is 1.81. The second-order valence-corrected chi connectivity index (χ2v) is 7.19. The molecule has 0 aromatic carbocycles. The summed E-state index contributed by atoms with van der Waals surface area (Å²) in [5.74, 6) is -0.0457. The maximum Gasteiger partial charge on any atom is 0.268 e. The number of hydrogen-bond donors (Lipinski definition) is 2. The number of nitrogens with one attached hydrogen (secondary N) is 1. The van der Waals surface area contributed by atoms with Gasteiger partial charge in [0.05, 0.1) is 9.98 Å². The number of aromatic nitrogens is 3. The third kappa shape index (κ3) is 2.58. The molecule has 0 saturated carbocycles. The Morgan fingerprint density at radius 2 is 2.29 bits per heavy atom. The van der Waals surface area contributed by atoms with Gasteiger partial charge in [-0.2, -0.15) is 5.10 Å². The minimum absolute atomic E-state index is 0.0457. The van der Waals surface area contributed by atoms with E-state index in [0.29, 0.717) is 0 Å². The molecule has 0 atom stereocenters. The molecular weight excluding hydrogens is 330 g/mol. The van der Waals surface area contributed by atoms with Crippen molar-refractivity contribution in [2.45, 2.75) is 4.90 Å². The SMILES string of the molecule is Cn1cc(S(=O)(=O)Nc2ncc(Br)s2)c(N)n1. The summed E-state index contributed by atoms with van der Waals surface area (Å²) in [6.07, 6.45) is 2.84. The first-order valence-electron chi connectivity index (χ1n) is 4.32. The summed E-state index contributed by atoms with van der Waals surface area (Å²) in [6.45, 7) is 0. The lowest BCUT2D eigenvalue weighted by Gasteiger charge is -2.02. The molecule has 0 fully saturated rings. The fraction of sp³-hybridized carbons (Fsp3) is 0.143. The summed E-state index contributed by atoms with van der Waals surface area (Å²) in [4.78, 5) is 3.81. The molecule has 0 bridgehead atoms. The number of nitrogens with two attached hydrogens (primary N) is 1. The van der Waals surface area contributed by atoms with Crippen LogP contribution in [0.5, 0.6) is 0 Å². The minimum atomic E-state index is -3.74. The van der Waals surface area contributed by atoms with Gasteiger partial charge in [0.25, 0.3) is 10.0 Å². The summed E-state index contributed by atoms with van der Waals surface area (Å²) < 4.78 is 28.3. The zero-order valence-corrected chi connectivity index (χ0v) is 11.8. The van der Waals surface area contributed by atoms with E-state index in [-0.39, 0.29) is 15.8 Å². The molecular formula is C7H8BrN5O2S2. The molecule has 0 spiro atoms. The van der Waals surface area contributed by atoms with E-state index in [1.807, 2.05) is 0 Å². The summed E-state index contributed by atoms with van der Waals surface area (Å²) >= 11 is 4.36. The van der Waals surface area contributed by atoms with Crippen LogP contribution in [0.2, 0.25) is 0 Å². The van der Waals surface area contributed by atoms with Gasteiger partial charge in [0, 0.05) is 13.2 Å². The molecule has 3 N–H and O–H groups in total. The molecule has 0 aliphatic rings. The highest BCUT2D eigenvalue weighted by Crippen LogP contribution is 2.26. The molecule has 0 aliphatic carbocycles. The van der Waals surface area contributed by atoms with Crippen LogP contribution in [-0.4, -0.2) is 23.2 Å². The standard InChI is InChI=1S/C7H8BrN5O2S2/c1-13-3-4(6(9)11-13)17(14,15)12-7-10-2-5(8)16-7/h2-3H,1H3,(H2,9,11)(H,10,12). The van der Waals surface area contributed by atoms with Gasteiger partial charge >= 0.3 is 0 Å². The molecule has 2 aromatic heterocycles. The van der Waals surface area contributed by atoms with Crippen molar-refractivity contribution in [3.05, 3.63) is 16.2 Å². The van der Waals surface area contributed by atoms with Crippen LogP contribution < -0.4 is 10.5 Å². The fourth-order valence-electron chi connectivity index (χ4n) is 1.16. The summed E-state index contributed by atoms with van der Waals surface area (Å²) in [5.41, 5.74) is 5.51. The number of aryl methyl sites for hydroxylation is 1. The average molecular weight is 338 g/mol. The van der Waals surface area contributed by atoms with Crippen molar-refractivity contribution in [1.82, 2.24) is 14.8 Å². The molecule has 2 rings (SSSR count). The van der Waals surface area contributed by atoms with Crippen LogP contribution in [0.3, 0.4) is 0 Å². The number of rotatable bonds is 3. The highest BCUT2D eigenvalue weighted by molar-refractivity contribution is 9.11. The average Bonchev–Trinajstić information content (AvgIpc) is 2.72. The number of nitrogens with zero attached hydrogens (tertiary/aromatic N) is 3. The zero-order chi connectivity index (χ0) is 12.6. The van der Waals surface area contributed by atoms with Crippen molar-refractivity contribution in [3.8, 4) is 0 Å². The van der Waals surface area contributed by atoms with Gasteiger partial charge < -0.3 is 5.73 Å². The number of anilines is 2. The lowest BCUT2D eigenvalue weighted by Crippen LogP contribution is -2.13. The number of hydrogen-bond acceptors (Lipinski definition) is 6. The Morgan fingerprint density at radius 3 is 2.76 bits per heavy atom. The van der Waals surface area contributed by atoms with Crippen molar-refractivity contribution < 1.29 is 8.42 Å². The van der Waals surface area contributed by atoms with E-state index in [1.165, 1.54) is 28.4 Å². The lowest BCUT2D eigenvalue weighted by molar-refractivity contribution is 0.601. The van der Waals surface area contributed by atoms with Crippen molar-refractivity contribution in [3.63, 3.8) is 0 Å². The minimum Gasteiger partial charge on any atom is -0.381 e. The van der Waals surface area contributed by atoms with Crippen LogP contribution in [-0.2, 0) is 17.1 Å². The second kappa shape index (κ2) is 4.27. The van der Waals surface area contributed by atoms with Crippen molar-refractivity contribution >= 4 is 48.2 Å². The number of halogens is 1. The fourth-order valence-corrected chi connectivity index (χ4v) is 3.62. The molecule has 2 aromatic rings. The van der Waals surface area contributed by atoms with E-state index in [9.17, 15) is 8.42 Å². The zero-order valence-electron chi connectivity index (χ0n) is 8.58. The quantitative estimate of drug-likeness (QED) is 0.870. The van der Waals surface area contributed by atoms with Crippen molar-refractivity contribution in [2.75, 3.05) is 10.5 Å². The number of nitrogen functional groups attached to an aromatic ring is 1. The first-order valence-corrected chi connectivity index (χ1v) is 7.41. The topological polar surface area (TPSA) is 103 Å². The Balaban J connectivity index is 2.34. The maximum atomic E-state index is 12.0. The smallest absolute Gasteiger partial charge is 0.268 e. The summed E-state index contributed by atoms with van der Waals surface area (Å²) in [7, 11) is -2.15. The van der Waals surface area contributed by atoms with Crippen molar-refractivity contribution in [1.29, 1.82) is 0 Å². The van der Waals surface area contributed by atoms with Gasteiger partial charge in [-0.05, 0) is 15.9 Å². The second-order valence-electron chi connectivity index (χ2n) is 3.13. The molecule has 17 heavy (non-hydrogen) atoms. The normalized spacial score (nSPS) is 11.6. The molecule has 2 heterocycles. The maximum absolute atomic E-state index is 12.0. The molecule has 0 unspecified atom stereocenters. The van der Waals surface area contributed by atoms with Gasteiger partial charge in [0.15, 0.2) is 10.9 Å². The summed E-state index contributed by atoms with van der Waals surface area (Å²) in [5, 5.41) is 4.04. The molecule has 0 amide bonds. The lowest BCUT2D eigenvalue weighted by atomic mass is 10.7. The highest BCUT2D eigenvalue weighted by Gasteiger charge is 2.21. The third-order valence-corrected chi connectivity index (χ3v) is 4.69. The molecule has 10 heteroatoms. The number of thiazole rings is 1. The van der Waals surface area contributed by atoms with Crippen LogP contribution in [0.25, 0.3) is 0 Å². The Bertz CT molecular complexity index is 647. The Morgan fingerprint density at radius 1 is 1.59 bits per heavy atom. The molecule has 0 aliphatic heterocycles. The highest BCUT2D eigenvalue weighted by atomic mass is 79.9. The predicted octanol–water partition coefficient (Wildman–Crippen LogP) is 1.02. The van der Waals surface area contributed by atoms with E-state index in [0.717, 1.165) is 3.79 Å². The van der Waals surface area contributed by atoms with Crippen LogP contribution >= 0.6 is 27.3 Å². The van der Waals surface area contributed by atoms with Crippen LogP contribution in [0.4, 0.5) is 10.9 Å². The van der Waals surface area contributed by atoms with Gasteiger partial charge in [-0.15, -0.1) is 0 Å². The van der Waals surface area contributed by atoms with Crippen LogP contribution in [0.1, 0.15) is 0 Å². The Kier molecular flexibility index (Phi) is 3.10. The van der Waals surface area contributed by atoms with Crippen LogP contribution in [0, 0.1) is 0 Å². The molecule has 0 saturated heterocycles. The largest absolute Gasteiger partial charge is 0.381 e. The molecule has 7 nitrogen and oxygen atoms in total. The van der Waals surface area contributed by atoms with E-state index in [1.54, 1.807) is 7.05 Å². The van der Waals surface area contributed by atoms with Gasteiger partial charge in [0.2, 0.25) is 0 Å². The van der Waals surface area contributed by atoms with E-state index in [2.05, 4.69) is 30.7 Å². The molecule has 92 valence electrons. The Labute approximate surface area is 110 Å². The monoisotopic (exact) mass is 337 g/mol. The van der Waals surface area contributed by atoms with E-state index in [4.69, 9.17) is 5.73 Å². The van der Waals surface area contributed by atoms with E-state index >= 15 is 0 Å². The predicted molar refractivity (Wildman–Crippen MR) is 68.2 cm³/mol. The molecule has 0 radical (unpaired) electrons. The van der Waals surface area contributed by atoms with Gasteiger partial charge in [-0.1, -0.05) is 11.3 Å². The van der Waals surface area contributed by atoms with Gasteiger partial charge in [-0.3, -0.25) is 9.40 Å². The van der Waals surface area contributed by atoms with E-state index < -0.39 is 10.0 Å². The Hall–Kier alpha value is -1.13. The van der Waals surface area contributed by atoms with Crippen LogP contribution in [0.15, 0.2) is 21.1 Å². The first kappa shape index (κ1) is 12.3. The van der Waals surface area contributed by atoms with Gasteiger partial charge in [-0.25, -0.2) is 13.4 Å². The number of sulfonamides is 1. The van der Waals surface area contributed by atoms with Crippen molar-refractivity contribution in [2.24, 2.45) is 7.05 Å². The first-order chi connectivity index (χ1) is 7.88. The summed E-state index contributed by atoms with van der Waals surface area (Å²) in [6, 6.07) is 0.